The molecule has 4 rings (SSSR count). The Bertz CT molecular complexity index is 660. The molecule has 0 aromatic heterocycles. The van der Waals surface area contributed by atoms with Crippen LogP contribution in [0.15, 0.2) is 5.16 Å². The van der Waals surface area contributed by atoms with Gasteiger partial charge in [0.2, 0.25) is 0 Å². The molecule has 0 spiro atoms. The molecule has 1 N–H and O–H groups in total. The molecule has 0 heterocycles. The number of hydrogen-bond acceptors (Lipinski definition) is 4. The van der Waals surface area contributed by atoms with Gasteiger partial charge in [-0.3, -0.25) is 4.79 Å². The number of carbonyl (C=O) groups is 1. The summed E-state index contributed by atoms with van der Waals surface area (Å²) in [5.74, 6) is 2.75. The lowest BCUT2D eigenvalue weighted by atomic mass is 9.49. The van der Waals surface area contributed by atoms with E-state index >= 15 is 0 Å². The summed E-state index contributed by atoms with van der Waals surface area (Å²) in [7, 11) is 0. The molecular weight excluding hydrogens is 350 g/mol. The van der Waals surface area contributed by atoms with Crippen LogP contribution in [0.1, 0.15) is 98.3 Å². The Kier molecular flexibility index (Phi) is 5.07. The topological polar surface area (TPSA) is 58.9 Å². The average molecular weight is 390 g/mol. The molecule has 4 aliphatic carbocycles. The predicted octanol–water partition coefficient (Wildman–Crippen LogP) is 5.96. The highest BCUT2D eigenvalue weighted by Crippen LogP contribution is 2.65. The first-order valence-electron chi connectivity index (χ1n) is 11.7. The number of oxime groups is 1. The van der Waals surface area contributed by atoms with Gasteiger partial charge in [-0.15, -0.1) is 0 Å². The number of fused-ring (bicyclic) bond motifs is 5. The second kappa shape index (κ2) is 7.02. The first-order valence-corrected chi connectivity index (χ1v) is 11.7. The van der Waals surface area contributed by atoms with E-state index in [0.717, 1.165) is 43.2 Å². The zero-order valence-electron chi connectivity index (χ0n) is 18.3. The standard InChI is InChI=1S/C24H39NO3/c1-5-24(28-16(2)26)14-13-22(3)17(15-24)7-6-8-18-19-9-10-21(25-27)23(19,4)12-11-20(18)22/h17-20,27H,5-15H2,1-4H3/b25-21+/t17-,18+,19-,20-,22-,23-,24-/m0/s1. The lowest BCUT2D eigenvalue weighted by Crippen LogP contribution is -2.52. The van der Waals surface area contributed by atoms with E-state index in [1.54, 1.807) is 6.92 Å². The minimum absolute atomic E-state index is 0.117. The number of carbonyl (C=O) groups excluding carboxylic acids is 1. The second-order valence-corrected chi connectivity index (χ2v) is 10.9. The summed E-state index contributed by atoms with van der Waals surface area (Å²) in [5.41, 5.74) is 1.31. The lowest BCUT2D eigenvalue weighted by Gasteiger charge is -2.57. The maximum Gasteiger partial charge on any atom is 0.303 e. The maximum atomic E-state index is 11.8. The fourth-order valence-electron chi connectivity index (χ4n) is 8.26. The first kappa shape index (κ1) is 20.2. The molecule has 158 valence electrons. The lowest BCUT2D eigenvalue weighted by molar-refractivity contribution is -0.173. The van der Waals surface area contributed by atoms with E-state index in [4.69, 9.17) is 4.74 Å². The molecule has 28 heavy (non-hydrogen) atoms. The van der Waals surface area contributed by atoms with E-state index in [1.165, 1.54) is 44.9 Å². The molecule has 0 saturated heterocycles. The van der Waals surface area contributed by atoms with Gasteiger partial charge >= 0.3 is 5.97 Å². The third-order valence-corrected chi connectivity index (χ3v) is 9.91. The molecular formula is C24H39NO3. The molecule has 0 amide bonds. The maximum absolute atomic E-state index is 11.8. The third kappa shape index (κ3) is 2.92. The molecule has 0 radical (unpaired) electrons. The van der Waals surface area contributed by atoms with Gasteiger partial charge in [0.05, 0.1) is 5.71 Å². The van der Waals surface area contributed by atoms with Gasteiger partial charge in [0.15, 0.2) is 0 Å². The van der Waals surface area contributed by atoms with Crippen LogP contribution >= 0.6 is 0 Å². The van der Waals surface area contributed by atoms with Gasteiger partial charge in [0.1, 0.15) is 5.60 Å². The summed E-state index contributed by atoms with van der Waals surface area (Å²) in [6.07, 6.45) is 12.7. The van der Waals surface area contributed by atoms with Crippen molar-refractivity contribution in [1.29, 1.82) is 0 Å². The van der Waals surface area contributed by atoms with Gasteiger partial charge in [0.25, 0.3) is 0 Å². The molecule has 0 bridgehead atoms. The van der Waals surface area contributed by atoms with Gasteiger partial charge in [0, 0.05) is 12.3 Å². The molecule has 4 saturated carbocycles. The predicted molar refractivity (Wildman–Crippen MR) is 110 cm³/mol. The molecule has 7 atom stereocenters. The first-order chi connectivity index (χ1) is 13.3. The van der Waals surface area contributed by atoms with E-state index in [-0.39, 0.29) is 17.0 Å². The van der Waals surface area contributed by atoms with Gasteiger partial charge in [-0.2, -0.15) is 0 Å². The van der Waals surface area contributed by atoms with E-state index < -0.39 is 0 Å². The van der Waals surface area contributed by atoms with Gasteiger partial charge in [-0.1, -0.05) is 32.3 Å². The highest BCUT2D eigenvalue weighted by Gasteiger charge is 2.60. The van der Waals surface area contributed by atoms with Gasteiger partial charge < -0.3 is 9.94 Å². The summed E-state index contributed by atoms with van der Waals surface area (Å²) in [6.45, 7) is 8.68. The number of ether oxygens (including phenoxy) is 1. The van der Waals surface area contributed by atoms with Crippen LogP contribution in [0.25, 0.3) is 0 Å². The molecule has 4 heteroatoms. The Hall–Kier alpha value is -1.06. The van der Waals surface area contributed by atoms with E-state index in [0.29, 0.717) is 17.3 Å². The van der Waals surface area contributed by atoms with Crippen LogP contribution in [0.3, 0.4) is 0 Å². The quantitative estimate of drug-likeness (QED) is 0.360. The van der Waals surface area contributed by atoms with Crippen molar-refractivity contribution >= 4 is 11.7 Å². The molecule has 0 aromatic carbocycles. The Morgan fingerprint density at radius 2 is 1.93 bits per heavy atom. The van der Waals surface area contributed by atoms with Crippen LogP contribution in [0.4, 0.5) is 0 Å². The van der Waals surface area contributed by atoms with Crippen LogP contribution in [0.5, 0.6) is 0 Å². The average Bonchev–Trinajstić information content (AvgIpc) is 2.93. The monoisotopic (exact) mass is 389 g/mol. The number of rotatable bonds is 2. The molecule has 4 aliphatic rings. The summed E-state index contributed by atoms with van der Waals surface area (Å²) in [4.78, 5) is 11.8. The number of nitrogens with zero attached hydrogens (tertiary/aromatic N) is 1. The zero-order chi connectivity index (χ0) is 20.2. The summed E-state index contributed by atoms with van der Waals surface area (Å²) in [5, 5.41) is 13.3. The summed E-state index contributed by atoms with van der Waals surface area (Å²) in [6, 6.07) is 0. The molecule has 0 aliphatic heterocycles. The van der Waals surface area contributed by atoms with Crippen LogP contribution in [-0.2, 0) is 9.53 Å². The summed E-state index contributed by atoms with van der Waals surface area (Å²) < 4.78 is 5.93. The van der Waals surface area contributed by atoms with Crippen LogP contribution < -0.4 is 0 Å². The van der Waals surface area contributed by atoms with Crippen LogP contribution in [-0.4, -0.2) is 22.5 Å². The summed E-state index contributed by atoms with van der Waals surface area (Å²) >= 11 is 0. The largest absolute Gasteiger partial charge is 0.459 e. The van der Waals surface area contributed by atoms with Crippen molar-refractivity contribution in [1.82, 2.24) is 0 Å². The van der Waals surface area contributed by atoms with Crippen molar-refractivity contribution in [2.24, 2.45) is 39.7 Å². The van der Waals surface area contributed by atoms with Crippen molar-refractivity contribution in [2.75, 3.05) is 0 Å². The van der Waals surface area contributed by atoms with Crippen molar-refractivity contribution in [3.63, 3.8) is 0 Å². The van der Waals surface area contributed by atoms with Crippen LogP contribution in [0.2, 0.25) is 0 Å². The van der Waals surface area contributed by atoms with Gasteiger partial charge in [-0.05, 0) is 93.3 Å². The molecule has 4 nitrogen and oxygen atoms in total. The third-order valence-electron chi connectivity index (χ3n) is 9.91. The van der Waals surface area contributed by atoms with Crippen molar-refractivity contribution in [3.8, 4) is 0 Å². The minimum Gasteiger partial charge on any atom is -0.459 e. The van der Waals surface area contributed by atoms with E-state index in [2.05, 4.69) is 25.9 Å². The smallest absolute Gasteiger partial charge is 0.303 e. The molecule has 0 unspecified atom stereocenters. The minimum atomic E-state index is -0.233. The van der Waals surface area contributed by atoms with E-state index in [1.807, 2.05) is 0 Å². The second-order valence-electron chi connectivity index (χ2n) is 10.9. The molecule has 0 aromatic rings. The normalized spacial score (nSPS) is 49.6. The fraction of sp³-hybridized carbons (Fsp3) is 0.917. The van der Waals surface area contributed by atoms with E-state index in [9.17, 15) is 10.0 Å². The van der Waals surface area contributed by atoms with Crippen LogP contribution in [0, 0.1) is 34.5 Å². The zero-order valence-corrected chi connectivity index (χ0v) is 18.3. The van der Waals surface area contributed by atoms with Crippen molar-refractivity contribution in [2.45, 2.75) is 104 Å². The Morgan fingerprint density at radius 3 is 2.61 bits per heavy atom. The molecule has 4 fully saturated rings. The SMILES string of the molecule is CC[C@]1(OC(C)=O)CC[C@@]2(C)[C@@H](CCC[C@H]3[C@@H]2CC[C@]2(C)/C(=N/O)CC[C@@H]32)C1. The Balaban J connectivity index is 1.61. The van der Waals surface area contributed by atoms with Gasteiger partial charge in [-0.25, -0.2) is 0 Å². The van der Waals surface area contributed by atoms with Crippen molar-refractivity contribution < 1.29 is 14.7 Å². The highest BCUT2D eigenvalue weighted by molar-refractivity contribution is 5.91. The highest BCUT2D eigenvalue weighted by atomic mass is 16.6. The number of esters is 1. The Labute approximate surface area is 170 Å². The fourth-order valence-corrected chi connectivity index (χ4v) is 8.26. The van der Waals surface area contributed by atoms with Crippen molar-refractivity contribution in [3.05, 3.63) is 0 Å². The number of hydrogen-bond donors (Lipinski definition) is 1. The Morgan fingerprint density at radius 1 is 1.14 bits per heavy atom.